The van der Waals surface area contributed by atoms with E-state index in [0.717, 1.165) is 43.7 Å². The van der Waals surface area contributed by atoms with Crippen LogP contribution in [0.5, 0.6) is 0 Å². The number of aryl methyl sites for hydroxylation is 4. The molecule has 2 aliphatic rings. The molecule has 0 saturated heterocycles. The molecule has 0 bridgehead atoms. The molecule has 12 N–H and O–H groups in total. The Balaban J connectivity index is 1.04. The molecule has 16 nitrogen and oxygen atoms in total. The van der Waals surface area contributed by atoms with E-state index in [1.54, 1.807) is 0 Å². The van der Waals surface area contributed by atoms with E-state index in [9.17, 15) is 20.4 Å². The lowest BCUT2D eigenvalue weighted by atomic mass is 9.85. The Morgan fingerprint density at radius 3 is 1.44 bits per heavy atom. The predicted molar refractivity (Wildman–Crippen MR) is 155 cm³/mol. The van der Waals surface area contributed by atoms with Crippen LogP contribution in [-0.2, 0) is 35.4 Å². The number of aromatic nitrogens is 6. The van der Waals surface area contributed by atoms with Crippen molar-refractivity contribution in [3.63, 3.8) is 0 Å². The summed E-state index contributed by atoms with van der Waals surface area (Å²) in [6.45, 7) is 2.33. The number of aliphatic hydroxyl groups is 4. The highest BCUT2D eigenvalue weighted by molar-refractivity contribution is 4.99. The van der Waals surface area contributed by atoms with Gasteiger partial charge in [-0.3, -0.25) is 9.36 Å². The lowest BCUT2D eigenvalue weighted by Gasteiger charge is -2.39. The molecule has 2 aromatic rings. The molecule has 244 valence electrons. The van der Waals surface area contributed by atoms with Gasteiger partial charge in [0.25, 0.3) is 0 Å². The van der Waals surface area contributed by atoms with E-state index >= 15 is 0 Å². The number of unbranched alkanes of at least 4 members (excludes halogenated alkanes) is 2. The van der Waals surface area contributed by atoms with E-state index in [-0.39, 0.29) is 0 Å². The average Bonchev–Trinajstić information content (AvgIpc) is 3.63. The standard InChI is InChI=1S/C27H50N10O6/c28-18-12-20(30)26(24(40)22(18)38)42-10-4-6-16-14-36(34-32-16)8-2-1-3-9-37-15-17(33-35-37)7-5-11-43-27-21(31)13-19(29)23(39)25(27)41/h14-15,18-27,38-41H,1-13,28-31H2/t18-,19-,20+,21+,22+,23+,24-,25-,26-,27-/m1/s1. The van der Waals surface area contributed by atoms with Gasteiger partial charge in [0, 0.05) is 62.9 Å². The number of hydrogen-bond donors (Lipinski definition) is 8. The molecular weight excluding hydrogens is 560 g/mol. The largest absolute Gasteiger partial charge is 0.389 e. The van der Waals surface area contributed by atoms with Gasteiger partial charge >= 0.3 is 0 Å². The van der Waals surface area contributed by atoms with E-state index in [1.807, 2.05) is 21.8 Å². The van der Waals surface area contributed by atoms with Gasteiger partial charge in [0.1, 0.15) is 24.4 Å². The Kier molecular flexibility index (Phi) is 12.8. The van der Waals surface area contributed by atoms with Crippen LogP contribution in [0, 0.1) is 0 Å². The third-order valence-electron chi connectivity index (χ3n) is 8.40. The molecular formula is C27H50N10O6. The number of rotatable bonds is 16. The van der Waals surface area contributed by atoms with E-state index in [0.29, 0.717) is 51.7 Å². The van der Waals surface area contributed by atoms with Gasteiger partial charge in [0.05, 0.1) is 23.6 Å². The van der Waals surface area contributed by atoms with Crippen LogP contribution in [0.15, 0.2) is 12.4 Å². The van der Waals surface area contributed by atoms with Crippen LogP contribution in [0.1, 0.15) is 56.3 Å². The number of aliphatic hydroxyl groups excluding tert-OH is 4. The summed E-state index contributed by atoms with van der Waals surface area (Å²) in [5.41, 5.74) is 25.4. The minimum Gasteiger partial charge on any atom is -0.389 e. The van der Waals surface area contributed by atoms with Gasteiger partial charge in [-0.05, 0) is 57.8 Å². The topological polar surface area (TPSA) is 265 Å². The molecule has 2 aromatic heterocycles. The number of ether oxygens (including phenoxy) is 2. The normalized spacial score (nSPS) is 33.2. The molecule has 10 atom stereocenters. The molecule has 16 heteroatoms. The highest BCUT2D eigenvalue weighted by atomic mass is 16.5. The fraction of sp³-hybridized carbons (Fsp3) is 0.852. The third kappa shape index (κ3) is 9.43. The average molecular weight is 611 g/mol. The van der Waals surface area contributed by atoms with E-state index < -0.39 is 60.8 Å². The zero-order chi connectivity index (χ0) is 30.9. The monoisotopic (exact) mass is 610 g/mol. The number of nitrogens with zero attached hydrogens (tertiary/aromatic N) is 6. The summed E-state index contributed by atoms with van der Waals surface area (Å²) in [4.78, 5) is 0. The lowest BCUT2D eigenvalue weighted by molar-refractivity contribution is -0.127. The summed E-state index contributed by atoms with van der Waals surface area (Å²) < 4.78 is 15.2. The van der Waals surface area contributed by atoms with Crippen LogP contribution in [0.3, 0.4) is 0 Å². The molecule has 2 aliphatic carbocycles. The van der Waals surface area contributed by atoms with Gasteiger partial charge in [-0.25, -0.2) is 0 Å². The Labute approximate surface area is 251 Å². The maximum atomic E-state index is 10.2. The van der Waals surface area contributed by atoms with E-state index in [4.69, 9.17) is 32.4 Å². The van der Waals surface area contributed by atoms with Crippen molar-refractivity contribution in [2.24, 2.45) is 22.9 Å². The molecule has 0 aliphatic heterocycles. The highest BCUT2D eigenvalue weighted by Crippen LogP contribution is 2.22. The first-order valence-electron chi connectivity index (χ1n) is 15.4. The van der Waals surface area contributed by atoms with Gasteiger partial charge in [-0.15, -0.1) is 10.2 Å². The zero-order valence-electron chi connectivity index (χ0n) is 24.7. The first-order chi connectivity index (χ1) is 20.6. The SMILES string of the molecule is N[C@@H]1C[C@H](N)[C@@H](OCCCc2cn(CCCCCn3cc(CCCO[C@H]4[C@H](O)[C@@H](O)[C@H](N)C[C@@H]4N)nn3)nn2)[C@H](O)[C@H]1O. The Morgan fingerprint density at radius 1 is 0.605 bits per heavy atom. The highest BCUT2D eigenvalue weighted by Gasteiger charge is 2.42. The molecule has 2 heterocycles. The number of nitrogens with two attached hydrogens (primary N) is 4. The van der Waals surface area contributed by atoms with Crippen molar-refractivity contribution in [2.75, 3.05) is 13.2 Å². The molecule has 0 aromatic carbocycles. The van der Waals surface area contributed by atoms with Crippen LogP contribution >= 0.6 is 0 Å². The van der Waals surface area contributed by atoms with Gasteiger partial charge < -0.3 is 52.8 Å². The fourth-order valence-corrected chi connectivity index (χ4v) is 5.82. The number of hydrogen-bond acceptors (Lipinski definition) is 14. The van der Waals surface area contributed by atoms with Gasteiger partial charge in [0.15, 0.2) is 0 Å². The molecule has 2 fully saturated rings. The molecule has 0 unspecified atom stereocenters. The van der Waals surface area contributed by atoms with Crippen molar-refractivity contribution < 1.29 is 29.9 Å². The molecule has 2 saturated carbocycles. The summed E-state index contributed by atoms with van der Waals surface area (Å²) in [6.07, 6.45) is 4.89. The minimum absolute atomic E-state index is 0.391. The Hall–Kier alpha value is -2.12. The predicted octanol–water partition coefficient (Wildman–Crippen LogP) is -3.06. The van der Waals surface area contributed by atoms with Gasteiger partial charge in [-0.1, -0.05) is 10.4 Å². The van der Waals surface area contributed by atoms with Crippen molar-refractivity contribution in [2.45, 2.75) is 132 Å². The van der Waals surface area contributed by atoms with E-state index in [2.05, 4.69) is 20.6 Å². The van der Waals surface area contributed by atoms with Crippen molar-refractivity contribution >= 4 is 0 Å². The molecule has 4 rings (SSSR count). The second-order valence-electron chi connectivity index (χ2n) is 12.0. The summed E-state index contributed by atoms with van der Waals surface area (Å²) in [5, 5.41) is 57.2. The van der Waals surface area contributed by atoms with Crippen molar-refractivity contribution in [1.82, 2.24) is 30.0 Å². The quantitative estimate of drug-likeness (QED) is 0.0877. The lowest BCUT2D eigenvalue weighted by Crippen LogP contribution is -2.62. The third-order valence-corrected chi connectivity index (χ3v) is 8.40. The second-order valence-corrected chi connectivity index (χ2v) is 12.0. The van der Waals surface area contributed by atoms with Crippen LogP contribution in [0.25, 0.3) is 0 Å². The first kappa shape index (κ1) is 33.8. The van der Waals surface area contributed by atoms with Crippen molar-refractivity contribution in [3.05, 3.63) is 23.8 Å². The smallest absolute Gasteiger partial charge is 0.109 e. The Bertz CT molecular complexity index is 1010. The molecule has 0 radical (unpaired) electrons. The maximum absolute atomic E-state index is 10.2. The summed E-state index contributed by atoms with van der Waals surface area (Å²) >= 11 is 0. The van der Waals surface area contributed by atoms with Gasteiger partial charge in [-0.2, -0.15) is 0 Å². The fourth-order valence-electron chi connectivity index (χ4n) is 5.82. The van der Waals surface area contributed by atoms with Gasteiger partial charge in [0.2, 0.25) is 0 Å². The summed E-state index contributed by atoms with van der Waals surface area (Å²) in [6, 6.07) is -1.90. The molecule has 0 amide bonds. The minimum atomic E-state index is -1.09. The van der Waals surface area contributed by atoms with Crippen LogP contribution in [0.4, 0.5) is 0 Å². The van der Waals surface area contributed by atoms with Crippen LogP contribution in [-0.4, -0.2) is 124 Å². The second kappa shape index (κ2) is 16.3. The van der Waals surface area contributed by atoms with Crippen molar-refractivity contribution in [1.29, 1.82) is 0 Å². The van der Waals surface area contributed by atoms with Crippen LogP contribution in [0.2, 0.25) is 0 Å². The first-order valence-corrected chi connectivity index (χ1v) is 15.4. The zero-order valence-corrected chi connectivity index (χ0v) is 24.7. The summed E-state index contributed by atoms with van der Waals surface area (Å²) in [5.74, 6) is 0. The molecule has 43 heavy (non-hydrogen) atoms. The molecule has 0 spiro atoms. The summed E-state index contributed by atoms with van der Waals surface area (Å²) in [7, 11) is 0. The van der Waals surface area contributed by atoms with Crippen LogP contribution < -0.4 is 22.9 Å². The maximum Gasteiger partial charge on any atom is 0.109 e. The van der Waals surface area contributed by atoms with Crippen molar-refractivity contribution in [3.8, 4) is 0 Å². The van der Waals surface area contributed by atoms with E-state index in [1.165, 1.54) is 0 Å². The Morgan fingerprint density at radius 2 is 1.02 bits per heavy atom.